The Hall–Kier alpha value is -3.48. The molecule has 7 heteroatoms. The van der Waals surface area contributed by atoms with E-state index in [1.165, 1.54) is 0 Å². The highest BCUT2D eigenvalue weighted by molar-refractivity contribution is 9.10. The Morgan fingerprint density at radius 1 is 0.844 bits per heavy atom. The Balaban J connectivity index is 1.45. The van der Waals surface area contributed by atoms with Crippen LogP contribution in [0, 0.1) is 0 Å². The summed E-state index contributed by atoms with van der Waals surface area (Å²) in [6, 6.07) is 25.5. The van der Waals surface area contributed by atoms with E-state index in [2.05, 4.69) is 36.2 Å². The average molecular weight is 503 g/mol. The molecule has 5 nitrogen and oxygen atoms in total. The van der Waals surface area contributed by atoms with Crippen LogP contribution in [0.1, 0.15) is 0 Å². The zero-order valence-corrected chi connectivity index (χ0v) is 19.1. The number of halogens is 2. The molecule has 0 aliphatic carbocycles. The summed E-state index contributed by atoms with van der Waals surface area (Å²) in [7, 11) is 0. The number of hydrogen-bond donors (Lipinski definition) is 2. The first-order chi connectivity index (χ1) is 15.6. The third-order valence-corrected chi connectivity index (χ3v) is 5.98. The van der Waals surface area contributed by atoms with E-state index in [9.17, 15) is 0 Å². The van der Waals surface area contributed by atoms with Crippen LogP contribution in [-0.2, 0) is 0 Å². The topological polar surface area (TPSA) is 76.7 Å². The Kier molecular flexibility index (Phi) is 5.47. The minimum atomic E-state index is 0.234. The van der Waals surface area contributed by atoms with Crippen LogP contribution in [0.3, 0.4) is 0 Å². The molecule has 3 aromatic carbocycles. The number of fused-ring (bicyclic) bond motifs is 1. The van der Waals surface area contributed by atoms with Gasteiger partial charge in [0, 0.05) is 43.6 Å². The molecular formula is C25H17BrClN5. The third kappa shape index (κ3) is 4.15. The fourth-order valence-electron chi connectivity index (χ4n) is 3.53. The molecule has 0 aliphatic heterocycles. The molecular weight excluding hydrogens is 486 g/mol. The predicted molar refractivity (Wildman–Crippen MR) is 135 cm³/mol. The number of rotatable bonds is 4. The minimum Gasteiger partial charge on any atom is -0.368 e. The number of nitrogens with two attached hydrogens (primary N) is 1. The van der Waals surface area contributed by atoms with Crippen molar-refractivity contribution >= 4 is 55.8 Å². The quantitative estimate of drug-likeness (QED) is 0.274. The molecule has 2 aromatic heterocycles. The molecule has 3 N–H and O–H groups in total. The molecule has 2 heterocycles. The maximum Gasteiger partial charge on any atom is 0.221 e. The molecule has 0 atom stereocenters. The lowest BCUT2D eigenvalue weighted by Crippen LogP contribution is -1.99. The Morgan fingerprint density at radius 3 is 2.44 bits per heavy atom. The smallest absolute Gasteiger partial charge is 0.221 e. The van der Waals surface area contributed by atoms with Gasteiger partial charge in [0.15, 0.2) is 0 Å². The highest BCUT2D eigenvalue weighted by atomic mass is 79.9. The second-order valence-corrected chi connectivity index (χ2v) is 8.49. The normalized spacial score (nSPS) is 10.9. The van der Waals surface area contributed by atoms with Gasteiger partial charge in [-0.15, -0.1) is 0 Å². The third-order valence-electron chi connectivity index (χ3n) is 5.06. The summed E-state index contributed by atoms with van der Waals surface area (Å²) in [5.41, 5.74) is 12.2. The van der Waals surface area contributed by atoms with Crippen LogP contribution in [0.15, 0.2) is 89.5 Å². The van der Waals surface area contributed by atoms with Crippen LogP contribution in [0.2, 0.25) is 5.02 Å². The van der Waals surface area contributed by atoms with Crippen LogP contribution in [-0.4, -0.2) is 15.0 Å². The molecule has 0 saturated heterocycles. The van der Waals surface area contributed by atoms with E-state index in [-0.39, 0.29) is 5.95 Å². The summed E-state index contributed by atoms with van der Waals surface area (Å²) < 4.78 is 0.953. The minimum absolute atomic E-state index is 0.234. The molecule has 5 aromatic rings. The van der Waals surface area contributed by atoms with E-state index in [1.807, 2.05) is 78.9 Å². The van der Waals surface area contributed by atoms with Gasteiger partial charge >= 0.3 is 0 Å². The summed E-state index contributed by atoms with van der Waals surface area (Å²) in [6.07, 6.45) is 1.77. The summed E-state index contributed by atoms with van der Waals surface area (Å²) in [4.78, 5) is 13.2. The molecule has 0 saturated carbocycles. The second-order valence-electron chi connectivity index (χ2n) is 7.20. The number of aromatic nitrogens is 3. The van der Waals surface area contributed by atoms with Crippen LogP contribution in [0.25, 0.3) is 33.4 Å². The summed E-state index contributed by atoms with van der Waals surface area (Å²) in [5, 5.41) is 5.12. The Bertz CT molecular complexity index is 1440. The number of hydrogen-bond acceptors (Lipinski definition) is 5. The van der Waals surface area contributed by atoms with Gasteiger partial charge in [0.1, 0.15) is 0 Å². The lowest BCUT2D eigenvalue weighted by Gasteiger charge is -2.11. The van der Waals surface area contributed by atoms with Crippen molar-refractivity contribution in [2.75, 3.05) is 11.1 Å². The fraction of sp³-hybridized carbons (Fsp3) is 0. The van der Waals surface area contributed by atoms with Crippen LogP contribution >= 0.6 is 27.5 Å². The van der Waals surface area contributed by atoms with Gasteiger partial charge in [-0.25, -0.2) is 9.97 Å². The van der Waals surface area contributed by atoms with Gasteiger partial charge in [-0.3, -0.25) is 4.98 Å². The highest BCUT2D eigenvalue weighted by Gasteiger charge is 2.10. The summed E-state index contributed by atoms with van der Waals surface area (Å²) in [6.45, 7) is 0. The predicted octanol–water partition coefficient (Wildman–Crippen LogP) is 7.10. The molecule has 0 amide bonds. The van der Waals surface area contributed by atoms with E-state index in [0.29, 0.717) is 5.02 Å². The molecule has 0 spiro atoms. The number of benzene rings is 3. The average Bonchev–Trinajstić information content (AvgIpc) is 2.79. The van der Waals surface area contributed by atoms with Crippen LogP contribution < -0.4 is 11.1 Å². The van der Waals surface area contributed by atoms with Crippen molar-refractivity contribution in [3.05, 3.63) is 94.6 Å². The van der Waals surface area contributed by atoms with Crippen molar-refractivity contribution in [1.29, 1.82) is 0 Å². The van der Waals surface area contributed by atoms with Gasteiger partial charge in [-0.05, 0) is 48.5 Å². The number of nitrogens with one attached hydrogen (secondary N) is 1. The lowest BCUT2D eigenvalue weighted by atomic mass is 10.1. The van der Waals surface area contributed by atoms with Gasteiger partial charge in [0.25, 0.3) is 0 Å². The number of anilines is 3. The molecule has 0 aliphatic rings. The molecule has 0 fully saturated rings. The van der Waals surface area contributed by atoms with Crippen LogP contribution in [0.5, 0.6) is 0 Å². The van der Waals surface area contributed by atoms with E-state index in [4.69, 9.17) is 17.3 Å². The molecule has 5 rings (SSSR count). The van der Waals surface area contributed by atoms with E-state index in [0.717, 1.165) is 49.3 Å². The van der Waals surface area contributed by atoms with Gasteiger partial charge in [0.2, 0.25) is 5.95 Å². The Labute approximate surface area is 198 Å². The first-order valence-electron chi connectivity index (χ1n) is 9.88. The van der Waals surface area contributed by atoms with Gasteiger partial charge in [0.05, 0.1) is 16.9 Å². The van der Waals surface area contributed by atoms with Crippen molar-refractivity contribution in [3.8, 4) is 22.5 Å². The molecule has 0 radical (unpaired) electrons. The SMILES string of the molecule is Nc1nc(-c2ccc(Nc3ccnc4cc(Cl)ccc34)cc2)cc(-c2ccccc2Br)n1. The zero-order valence-electron chi connectivity index (χ0n) is 16.8. The standard InChI is InChI=1S/C25H17BrClN5/c26-20-4-2-1-3-18(20)24-14-22(31-25(28)32-24)15-5-8-17(9-6-15)30-21-11-12-29-23-13-16(27)7-10-19(21)23/h1-14H,(H,29,30)(H2,28,31,32). The Morgan fingerprint density at radius 2 is 1.62 bits per heavy atom. The maximum atomic E-state index is 6.09. The van der Waals surface area contributed by atoms with Crippen molar-refractivity contribution < 1.29 is 0 Å². The van der Waals surface area contributed by atoms with E-state index < -0.39 is 0 Å². The van der Waals surface area contributed by atoms with Crippen molar-refractivity contribution in [3.63, 3.8) is 0 Å². The fourth-order valence-corrected chi connectivity index (χ4v) is 4.18. The molecule has 0 unspecified atom stereocenters. The molecule has 32 heavy (non-hydrogen) atoms. The first-order valence-corrected chi connectivity index (χ1v) is 11.0. The monoisotopic (exact) mass is 501 g/mol. The highest BCUT2D eigenvalue weighted by Crippen LogP contribution is 2.31. The first kappa shape index (κ1) is 20.4. The van der Waals surface area contributed by atoms with Crippen molar-refractivity contribution in [2.24, 2.45) is 0 Å². The number of pyridine rings is 1. The summed E-state index contributed by atoms with van der Waals surface area (Å²) >= 11 is 9.67. The van der Waals surface area contributed by atoms with Gasteiger partial charge in [-0.1, -0.05) is 57.9 Å². The summed E-state index contributed by atoms with van der Waals surface area (Å²) in [5.74, 6) is 0.234. The number of nitrogens with zero attached hydrogens (tertiary/aromatic N) is 3. The van der Waals surface area contributed by atoms with Crippen molar-refractivity contribution in [2.45, 2.75) is 0 Å². The van der Waals surface area contributed by atoms with Crippen molar-refractivity contribution in [1.82, 2.24) is 15.0 Å². The lowest BCUT2D eigenvalue weighted by molar-refractivity contribution is 1.19. The second kappa shape index (κ2) is 8.57. The van der Waals surface area contributed by atoms with E-state index >= 15 is 0 Å². The zero-order chi connectivity index (χ0) is 22.1. The van der Waals surface area contributed by atoms with Gasteiger partial charge < -0.3 is 11.1 Å². The number of nitrogen functional groups attached to an aromatic ring is 1. The van der Waals surface area contributed by atoms with Crippen LogP contribution in [0.4, 0.5) is 17.3 Å². The molecule has 0 bridgehead atoms. The maximum absolute atomic E-state index is 6.09. The van der Waals surface area contributed by atoms with Gasteiger partial charge in [-0.2, -0.15) is 0 Å². The van der Waals surface area contributed by atoms with E-state index in [1.54, 1.807) is 6.20 Å². The molecule has 156 valence electrons. The largest absolute Gasteiger partial charge is 0.368 e.